The Kier molecular flexibility index (Phi) is 4.38. The summed E-state index contributed by atoms with van der Waals surface area (Å²) in [5.74, 6) is 1.25. The Labute approximate surface area is 174 Å². The van der Waals surface area contributed by atoms with Crippen LogP contribution in [0.25, 0.3) is 10.9 Å². The van der Waals surface area contributed by atoms with Crippen LogP contribution in [0.2, 0.25) is 0 Å². The lowest BCUT2D eigenvalue weighted by molar-refractivity contribution is -0.117. The van der Waals surface area contributed by atoms with Crippen LogP contribution < -0.4 is 19.7 Å². The van der Waals surface area contributed by atoms with E-state index in [1.165, 1.54) is 0 Å². The van der Waals surface area contributed by atoms with Crippen molar-refractivity contribution in [2.75, 3.05) is 18.2 Å². The van der Waals surface area contributed by atoms with E-state index >= 15 is 0 Å². The Hall–Kier alpha value is -3.48. The van der Waals surface area contributed by atoms with Gasteiger partial charge in [-0.25, -0.2) is 0 Å². The van der Waals surface area contributed by atoms with Crippen LogP contribution in [0, 0.1) is 6.92 Å². The molecule has 0 aliphatic carbocycles. The maximum atomic E-state index is 13.3. The predicted molar refractivity (Wildman–Crippen MR) is 113 cm³/mol. The van der Waals surface area contributed by atoms with Crippen molar-refractivity contribution in [1.82, 2.24) is 9.88 Å². The summed E-state index contributed by atoms with van der Waals surface area (Å²) in [4.78, 5) is 27.6. The van der Waals surface area contributed by atoms with Gasteiger partial charge < -0.3 is 24.3 Å². The number of nitrogens with one attached hydrogen (secondary N) is 1. The molecular formula is C23H23N3O4. The SMILES string of the molecule is Cc1ccc2c(c1)c(N1CCCC1=O)c(C(=O)NCc1ccc3c(c1)OCO3)n2C. The molecule has 1 N–H and O–H groups in total. The molecular weight excluding hydrogens is 382 g/mol. The van der Waals surface area contributed by atoms with Crippen LogP contribution in [0.3, 0.4) is 0 Å². The molecule has 3 aromatic rings. The molecule has 0 atom stereocenters. The highest BCUT2D eigenvalue weighted by atomic mass is 16.7. The number of amides is 2. The lowest BCUT2D eigenvalue weighted by Gasteiger charge is -2.18. The normalized spacial score (nSPS) is 15.3. The van der Waals surface area contributed by atoms with Gasteiger partial charge in [0.1, 0.15) is 5.69 Å². The number of rotatable bonds is 4. The summed E-state index contributed by atoms with van der Waals surface area (Å²) in [6.45, 7) is 3.22. The van der Waals surface area contributed by atoms with Crippen LogP contribution in [-0.2, 0) is 18.4 Å². The second-order valence-corrected chi connectivity index (χ2v) is 7.80. The molecule has 0 bridgehead atoms. The minimum absolute atomic E-state index is 0.0637. The molecule has 0 unspecified atom stereocenters. The minimum atomic E-state index is -0.210. The maximum absolute atomic E-state index is 13.3. The van der Waals surface area contributed by atoms with Crippen molar-refractivity contribution in [2.45, 2.75) is 26.3 Å². The van der Waals surface area contributed by atoms with Gasteiger partial charge in [-0.3, -0.25) is 9.59 Å². The van der Waals surface area contributed by atoms with Gasteiger partial charge >= 0.3 is 0 Å². The molecule has 3 heterocycles. The van der Waals surface area contributed by atoms with E-state index in [2.05, 4.69) is 5.32 Å². The van der Waals surface area contributed by atoms with Crippen LogP contribution in [0.5, 0.6) is 11.5 Å². The summed E-state index contributed by atoms with van der Waals surface area (Å²) in [7, 11) is 1.87. The first-order valence-electron chi connectivity index (χ1n) is 10.1. The summed E-state index contributed by atoms with van der Waals surface area (Å²) in [5.41, 5.74) is 4.16. The third-order valence-corrected chi connectivity index (χ3v) is 5.78. The number of aromatic nitrogens is 1. The first kappa shape index (κ1) is 18.5. The maximum Gasteiger partial charge on any atom is 0.270 e. The van der Waals surface area contributed by atoms with E-state index in [1.807, 2.05) is 54.9 Å². The highest BCUT2D eigenvalue weighted by molar-refractivity contribution is 6.14. The number of carbonyl (C=O) groups is 2. The van der Waals surface area contributed by atoms with Gasteiger partial charge in [0.2, 0.25) is 12.7 Å². The standard InChI is InChI=1S/C23H23N3O4/c1-14-5-7-17-16(10-14)21(26-9-3-4-20(26)27)22(25(17)2)23(28)24-12-15-6-8-18-19(11-15)30-13-29-18/h5-8,10-11H,3-4,9,12-13H2,1-2H3,(H,24,28). The molecule has 154 valence electrons. The molecule has 1 saturated heterocycles. The quantitative estimate of drug-likeness (QED) is 0.723. The first-order valence-corrected chi connectivity index (χ1v) is 10.1. The molecule has 2 aliphatic heterocycles. The van der Waals surface area contributed by atoms with Gasteiger partial charge in [-0.05, 0) is 43.2 Å². The number of hydrogen-bond donors (Lipinski definition) is 1. The zero-order valence-electron chi connectivity index (χ0n) is 17.0. The number of nitrogens with zero attached hydrogens (tertiary/aromatic N) is 2. The fraction of sp³-hybridized carbons (Fsp3) is 0.304. The average molecular weight is 405 g/mol. The van der Waals surface area contributed by atoms with Gasteiger partial charge in [-0.1, -0.05) is 17.7 Å². The Morgan fingerprint density at radius 1 is 1.13 bits per heavy atom. The van der Waals surface area contributed by atoms with Gasteiger partial charge in [0, 0.05) is 31.9 Å². The Morgan fingerprint density at radius 2 is 1.97 bits per heavy atom. The molecule has 0 saturated carbocycles. The first-order chi connectivity index (χ1) is 14.5. The van der Waals surface area contributed by atoms with Crippen LogP contribution in [-0.4, -0.2) is 29.7 Å². The van der Waals surface area contributed by atoms with E-state index in [1.54, 1.807) is 4.90 Å². The molecule has 2 aliphatic rings. The van der Waals surface area contributed by atoms with E-state index in [9.17, 15) is 9.59 Å². The Bertz CT molecular complexity index is 1180. The average Bonchev–Trinajstić information content (AvgIpc) is 3.43. The third-order valence-electron chi connectivity index (χ3n) is 5.78. The summed E-state index contributed by atoms with van der Waals surface area (Å²) >= 11 is 0. The number of aryl methyl sites for hydroxylation is 2. The molecule has 1 aromatic heterocycles. The largest absolute Gasteiger partial charge is 0.454 e. The zero-order chi connectivity index (χ0) is 20.8. The Morgan fingerprint density at radius 3 is 2.77 bits per heavy atom. The van der Waals surface area contributed by atoms with Crippen molar-refractivity contribution in [3.63, 3.8) is 0 Å². The molecule has 7 heteroatoms. The lowest BCUT2D eigenvalue weighted by atomic mass is 10.1. The molecule has 1 fully saturated rings. The number of ether oxygens (including phenoxy) is 2. The van der Waals surface area contributed by atoms with E-state index in [0.717, 1.165) is 28.5 Å². The van der Waals surface area contributed by atoms with Crippen molar-refractivity contribution in [3.8, 4) is 11.5 Å². The highest BCUT2D eigenvalue weighted by Gasteiger charge is 2.31. The zero-order valence-corrected chi connectivity index (χ0v) is 17.0. The summed E-state index contributed by atoms with van der Waals surface area (Å²) < 4.78 is 12.6. The number of fused-ring (bicyclic) bond motifs is 2. The molecule has 0 radical (unpaired) electrons. The van der Waals surface area contributed by atoms with Gasteiger partial charge in [-0.15, -0.1) is 0 Å². The van der Waals surface area contributed by atoms with Crippen molar-refractivity contribution >= 4 is 28.4 Å². The van der Waals surface area contributed by atoms with Crippen molar-refractivity contribution < 1.29 is 19.1 Å². The highest BCUT2D eigenvalue weighted by Crippen LogP contribution is 2.37. The monoisotopic (exact) mass is 405 g/mol. The topological polar surface area (TPSA) is 72.8 Å². The molecule has 2 aromatic carbocycles. The van der Waals surface area contributed by atoms with E-state index in [-0.39, 0.29) is 18.6 Å². The van der Waals surface area contributed by atoms with Gasteiger partial charge in [0.05, 0.1) is 11.2 Å². The van der Waals surface area contributed by atoms with E-state index in [0.29, 0.717) is 42.4 Å². The predicted octanol–water partition coefficient (Wildman–Crippen LogP) is 3.27. The minimum Gasteiger partial charge on any atom is -0.454 e. The van der Waals surface area contributed by atoms with Gasteiger partial charge in [0.15, 0.2) is 11.5 Å². The molecule has 2 amide bonds. The summed E-state index contributed by atoms with van der Waals surface area (Å²) in [6, 6.07) is 11.7. The molecule has 0 spiro atoms. The lowest BCUT2D eigenvalue weighted by Crippen LogP contribution is -2.30. The third kappa shape index (κ3) is 2.98. The van der Waals surface area contributed by atoms with Crippen LogP contribution in [0.15, 0.2) is 36.4 Å². The smallest absolute Gasteiger partial charge is 0.270 e. The summed E-state index contributed by atoms with van der Waals surface area (Å²) in [6.07, 6.45) is 1.32. The molecule has 5 rings (SSSR count). The van der Waals surface area contributed by atoms with E-state index < -0.39 is 0 Å². The second kappa shape index (κ2) is 7.09. The molecule has 7 nitrogen and oxygen atoms in total. The van der Waals surface area contributed by atoms with Crippen LogP contribution >= 0.6 is 0 Å². The van der Waals surface area contributed by atoms with Gasteiger partial charge in [0.25, 0.3) is 5.91 Å². The molecule has 30 heavy (non-hydrogen) atoms. The Balaban J connectivity index is 1.50. The summed E-state index contributed by atoms with van der Waals surface area (Å²) in [5, 5.41) is 3.94. The number of hydrogen-bond acceptors (Lipinski definition) is 4. The van der Waals surface area contributed by atoms with Crippen molar-refractivity contribution in [3.05, 3.63) is 53.2 Å². The van der Waals surface area contributed by atoms with Crippen molar-refractivity contribution in [2.24, 2.45) is 7.05 Å². The fourth-order valence-electron chi connectivity index (χ4n) is 4.27. The number of benzene rings is 2. The number of anilines is 1. The number of carbonyl (C=O) groups excluding carboxylic acids is 2. The van der Waals surface area contributed by atoms with E-state index in [4.69, 9.17) is 9.47 Å². The fourth-order valence-corrected chi connectivity index (χ4v) is 4.27. The van der Waals surface area contributed by atoms with Gasteiger partial charge in [-0.2, -0.15) is 0 Å². The van der Waals surface area contributed by atoms with Crippen LogP contribution in [0.1, 0.15) is 34.5 Å². The second-order valence-electron chi connectivity index (χ2n) is 7.80. The van der Waals surface area contributed by atoms with Crippen LogP contribution in [0.4, 0.5) is 5.69 Å². The van der Waals surface area contributed by atoms with Crippen molar-refractivity contribution in [1.29, 1.82) is 0 Å².